The molecule has 0 spiro atoms. The quantitative estimate of drug-likeness (QED) is 0.685. The fourth-order valence-electron chi connectivity index (χ4n) is 1.03. The van der Waals surface area contributed by atoms with Crippen LogP contribution in [0.1, 0.15) is 20.7 Å². The van der Waals surface area contributed by atoms with Crippen LogP contribution >= 0.6 is 0 Å². The van der Waals surface area contributed by atoms with Crippen LogP contribution in [-0.2, 0) is 0 Å². The predicted molar refractivity (Wildman–Crippen MR) is 48.3 cm³/mol. The van der Waals surface area contributed by atoms with E-state index in [1.807, 2.05) is 0 Å². The van der Waals surface area contributed by atoms with Crippen molar-refractivity contribution in [1.82, 2.24) is 0 Å². The zero-order chi connectivity index (χ0) is 9.84. The van der Waals surface area contributed by atoms with Crippen LogP contribution in [0.2, 0.25) is 0 Å². The van der Waals surface area contributed by atoms with E-state index in [-0.39, 0.29) is 5.56 Å². The minimum Gasteiger partial charge on any atom is -0.478 e. The zero-order valence-corrected chi connectivity index (χ0v) is 7.07. The molecule has 0 bridgehead atoms. The first kappa shape index (κ1) is 9.25. The monoisotopic (exact) mass is 179 g/mol. The van der Waals surface area contributed by atoms with Gasteiger partial charge in [0, 0.05) is 18.3 Å². The zero-order valence-electron chi connectivity index (χ0n) is 7.07. The highest BCUT2D eigenvalue weighted by atomic mass is 16.4. The van der Waals surface area contributed by atoms with E-state index in [9.17, 15) is 9.59 Å². The molecule has 0 heterocycles. The Hall–Kier alpha value is -1.84. The molecule has 2 N–H and O–H groups in total. The second-order valence-electron chi connectivity index (χ2n) is 2.48. The maximum atomic E-state index is 10.7. The smallest absolute Gasteiger partial charge is 0.337 e. The van der Waals surface area contributed by atoms with Crippen molar-refractivity contribution >= 4 is 17.9 Å². The molecule has 13 heavy (non-hydrogen) atoms. The molecule has 0 saturated heterocycles. The lowest BCUT2D eigenvalue weighted by Crippen LogP contribution is -2.03. The molecule has 0 aromatic heterocycles. The molecule has 0 unspecified atom stereocenters. The molecule has 0 fully saturated rings. The number of nitrogens with one attached hydrogen (secondary N) is 1. The van der Waals surface area contributed by atoms with Gasteiger partial charge in [-0.3, -0.25) is 4.79 Å². The minimum atomic E-state index is -1.05. The van der Waals surface area contributed by atoms with Crippen LogP contribution in [0.5, 0.6) is 0 Å². The number of carbonyl (C=O) groups excluding carboxylic acids is 1. The second kappa shape index (κ2) is 3.71. The number of hydrogen-bond acceptors (Lipinski definition) is 3. The van der Waals surface area contributed by atoms with Crippen molar-refractivity contribution in [2.24, 2.45) is 0 Å². The van der Waals surface area contributed by atoms with E-state index in [0.29, 0.717) is 17.5 Å². The molecule has 0 radical (unpaired) electrons. The summed E-state index contributed by atoms with van der Waals surface area (Å²) in [4.78, 5) is 21.1. The van der Waals surface area contributed by atoms with Gasteiger partial charge in [-0.05, 0) is 18.2 Å². The van der Waals surface area contributed by atoms with Crippen LogP contribution in [0, 0.1) is 0 Å². The molecule has 0 atom stereocenters. The summed E-state index contributed by atoms with van der Waals surface area (Å²) >= 11 is 0. The van der Waals surface area contributed by atoms with Gasteiger partial charge in [-0.2, -0.15) is 0 Å². The topological polar surface area (TPSA) is 66.4 Å². The average Bonchev–Trinajstić information content (AvgIpc) is 2.16. The summed E-state index contributed by atoms with van der Waals surface area (Å²) in [6.45, 7) is 0. The lowest BCUT2D eigenvalue weighted by Gasteiger charge is -2.04. The summed E-state index contributed by atoms with van der Waals surface area (Å²) in [5.41, 5.74) is 0.960. The van der Waals surface area contributed by atoms with E-state index < -0.39 is 5.97 Å². The summed E-state index contributed by atoms with van der Waals surface area (Å²) in [7, 11) is 1.63. The fourth-order valence-corrected chi connectivity index (χ4v) is 1.03. The van der Waals surface area contributed by atoms with Gasteiger partial charge in [0.2, 0.25) is 0 Å². The number of carbonyl (C=O) groups is 2. The van der Waals surface area contributed by atoms with Crippen molar-refractivity contribution in [1.29, 1.82) is 0 Å². The number of aldehydes is 1. The Labute approximate surface area is 75.2 Å². The van der Waals surface area contributed by atoms with Gasteiger partial charge in [-0.25, -0.2) is 4.79 Å². The fraction of sp³-hybridized carbons (Fsp3) is 0.111. The Morgan fingerprint density at radius 3 is 2.69 bits per heavy atom. The lowest BCUT2D eigenvalue weighted by molar-refractivity contribution is 0.0698. The Morgan fingerprint density at radius 1 is 1.54 bits per heavy atom. The summed E-state index contributed by atoms with van der Waals surface area (Å²) in [5.74, 6) is -1.05. The highest BCUT2D eigenvalue weighted by molar-refractivity contribution is 5.96. The van der Waals surface area contributed by atoms with Crippen molar-refractivity contribution in [3.05, 3.63) is 29.3 Å². The van der Waals surface area contributed by atoms with E-state index in [2.05, 4.69) is 5.32 Å². The summed E-state index contributed by atoms with van der Waals surface area (Å²) in [6.07, 6.45) is 0.617. The number of benzene rings is 1. The van der Waals surface area contributed by atoms with Crippen LogP contribution in [-0.4, -0.2) is 24.4 Å². The summed E-state index contributed by atoms with van der Waals surface area (Å²) in [6, 6.07) is 4.46. The van der Waals surface area contributed by atoms with Gasteiger partial charge >= 0.3 is 5.97 Å². The van der Waals surface area contributed by atoms with Gasteiger partial charge in [0.15, 0.2) is 0 Å². The molecule has 4 nitrogen and oxygen atoms in total. The van der Waals surface area contributed by atoms with E-state index in [1.54, 1.807) is 19.2 Å². The van der Waals surface area contributed by atoms with Crippen LogP contribution in [0.3, 0.4) is 0 Å². The maximum Gasteiger partial charge on any atom is 0.337 e. The second-order valence-corrected chi connectivity index (χ2v) is 2.48. The highest BCUT2D eigenvalue weighted by Crippen LogP contribution is 2.15. The molecular weight excluding hydrogens is 170 g/mol. The Morgan fingerprint density at radius 2 is 2.23 bits per heavy atom. The van der Waals surface area contributed by atoms with Crippen molar-refractivity contribution in [2.45, 2.75) is 0 Å². The van der Waals surface area contributed by atoms with E-state index in [0.717, 1.165) is 0 Å². The molecule has 1 aromatic carbocycles. The molecular formula is C9H9NO3. The van der Waals surface area contributed by atoms with Gasteiger partial charge in [0.1, 0.15) is 6.29 Å². The van der Waals surface area contributed by atoms with Gasteiger partial charge in [-0.1, -0.05) is 0 Å². The first-order valence-electron chi connectivity index (χ1n) is 3.69. The molecule has 0 aliphatic rings. The lowest BCUT2D eigenvalue weighted by atomic mass is 10.1. The van der Waals surface area contributed by atoms with Gasteiger partial charge < -0.3 is 10.4 Å². The third-order valence-electron chi connectivity index (χ3n) is 1.68. The average molecular weight is 179 g/mol. The third kappa shape index (κ3) is 1.84. The van der Waals surface area contributed by atoms with E-state index in [1.165, 1.54) is 6.07 Å². The number of anilines is 1. The van der Waals surface area contributed by atoms with Crippen molar-refractivity contribution in [3.8, 4) is 0 Å². The van der Waals surface area contributed by atoms with E-state index >= 15 is 0 Å². The maximum absolute atomic E-state index is 10.7. The number of carboxylic acid groups (broad SMARTS) is 1. The number of carboxylic acids is 1. The molecule has 0 saturated carbocycles. The molecule has 0 aliphatic heterocycles. The Bertz CT molecular complexity index is 347. The first-order valence-corrected chi connectivity index (χ1v) is 3.69. The molecule has 4 heteroatoms. The number of aromatic carboxylic acids is 1. The first-order chi connectivity index (χ1) is 6.19. The third-order valence-corrected chi connectivity index (χ3v) is 1.68. The Balaban J connectivity index is 3.25. The standard InChI is InChI=1S/C9H9NO3/c1-10-8-3-2-6(5-11)4-7(8)9(12)13/h2-5,10H,1H3,(H,12,13). The van der Waals surface area contributed by atoms with Crippen LogP contribution in [0.25, 0.3) is 0 Å². The SMILES string of the molecule is CNc1ccc(C=O)cc1C(=O)O. The Kier molecular flexibility index (Phi) is 2.64. The molecule has 0 aliphatic carbocycles. The molecule has 1 aromatic rings. The van der Waals surface area contributed by atoms with Crippen LogP contribution < -0.4 is 5.32 Å². The summed E-state index contributed by atoms with van der Waals surface area (Å²) in [5, 5.41) is 11.5. The molecule has 1 rings (SSSR count). The van der Waals surface area contributed by atoms with Crippen molar-refractivity contribution in [3.63, 3.8) is 0 Å². The minimum absolute atomic E-state index is 0.104. The van der Waals surface area contributed by atoms with Crippen molar-refractivity contribution < 1.29 is 14.7 Å². The number of hydrogen-bond donors (Lipinski definition) is 2. The highest BCUT2D eigenvalue weighted by Gasteiger charge is 2.09. The normalized spacial score (nSPS) is 9.31. The van der Waals surface area contributed by atoms with Crippen LogP contribution in [0.4, 0.5) is 5.69 Å². The molecule has 0 amide bonds. The van der Waals surface area contributed by atoms with E-state index in [4.69, 9.17) is 5.11 Å². The van der Waals surface area contributed by atoms with Gasteiger partial charge in [0.05, 0.1) is 5.56 Å². The largest absolute Gasteiger partial charge is 0.478 e. The van der Waals surface area contributed by atoms with Crippen LogP contribution in [0.15, 0.2) is 18.2 Å². The number of rotatable bonds is 3. The van der Waals surface area contributed by atoms with Crippen molar-refractivity contribution in [2.75, 3.05) is 12.4 Å². The van der Waals surface area contributed by atoms with Gasteiger partial charge in [-0.15, -0.1) is 0 Å². The van der Waals surface area contributed by atoms with Gasteiger partial charge in [0.25, 0.3) is 0 Å². The molecule has 68 valence electrons. The predicted octanol–water partition coefficient (Wildman–Crippen LogP) is 1.24. The summed E-state index contributed by atoms with van der Waals surface area (Å²) < 4.78 is 0.